The minimum Gasteiger partial charge on any atom is -0.459 e. The molecule has 1 aliphatic rings. The summed E-state index contributed by atoms with van der Waals surface area (Å²) in [5.41, 5.74) is 7.05. The van der Waals surface area contributed by atoms with Crippen LogP contribution in [-0.2, 0) is 17.8 Å². The average molecular weight is 424 g/mol. The van der Waals surface area contributed by atoms with Gasteiger partial charge in [-0.2, -0.15) is 0 Å². The summed E-state index contributed by atoms with van der Waals surface area (Å²) >= 11 is 5.90. The van der Waals surface area contributed by atoms with E-state index >= 15 is 0 Å². The lowest BCUT2D eigenvalue weighted by molar-refractivity contribution is -0.127. The van der Waals surface area contributed by atoms with Crippen molar-refractivity contribution in [3.05, 3.63) is 94.4 Å². The molecule has 0 saturated heterocycles. The second kappa shape index (κ2) is 8.42. The molecule has 3 amide bonds. The molecule has 0 spiro atoms. The van der Waals surface area contributed by atoms with E-state index in [4.69, 9.17) is 16.0 Å². The zero-order valence-corrected chi connectivity index (χ0v) is 16.6. The Morgan fingerprint density at radius 1 is 0.967 bits per heavy atom. The van der Waals surface area contributed by atoms with Crippen LogP contribution < -0.4 is 10.9 Å². The molecule has 1 unspecified atom stereocenters. The van der Waals surface area contributed by atoms with E-state index in [0.29, 0.717) is 17.0 Å². The fraction of sp³-hybridized carbons (Fsp3) is 0.136. The Kier molecular flexibility index (Phi) is 5.54. The number of rotatable bonds is 3. The molecule has 7 nitrogen and oxygen atoms in total. The quantitative estimate of drug-likeness (QED) is 0.633. The molecule has 1 aliphatic heterocycles. The number of nitrogens with zero attached hydrogens (tertiary/aromatic N) is 1. The number of fused-ring (bicyclic) bond motifs is 1. The third-order valence-corrected chi connectivity index (χ3v) is 5.17. The highest BCUT2D eigenvalue weighted by atomic mass is 35.5. The number of benzene rings is 2. The van der Waals surface area contributed by atoms with Gasteiger partial charge in [-0.25, -0.2) is 0 Å². The molecular weight excluding hydrogens is 406 g/mol. The van der Waals surface area contributed by atoms with Crippen LogP contribution in [0.1, 0.15) is 32.0 Å². The Labute approximate surface area is 177 Å². The van der Waals surface area contributed by atoms with E-state index in [0.717, 1.165) is 11.1 Å². The maximum atomic E-state index is 12.9. The number of hydrogen-bond donors (Lipinski definition) is 2. The lowest BCUT2D eigenvalue weighted by atomic mass is 9.93. The van der Waals surface area contributed by atoms with Gasteiger partial charge in [-0.15, -0.1) is 0 Å². The van der Waals surface area contributed by atoms with Crippen LogP contribution >= 0.6 is 11.6 Å². The van der Waals surface area contributed by atoms with Crippen molar-refractivity contribution < 1.29 is 18.8 Å². The van der Waals surface area contributed by atoms with Gasteiger partial charge in [0.25, 0.3) is 17.7 Å². The number of carbonyl (C=O) groups is 3. The molecule has 1 aromatic heterocycles. The van der Waals surface area contributed by atoms with Crippen LogP contribution in [-0.4, -0.2) is 28.7 Å². The summed E-state index contributed by atoms with van der Waals surface area (Å²) in [5, 5.41) is 0.410. The number of nitrogens with one attached hydrogen (secondary N) is 2. The van der Waals surface area contributed by atoms with Crippen LogP contribution in [0.4, 0.5) is 0 Å². The fourth-order valence-electron chi connectivity index (χ4n) is 3.42. The molecule has 0 bridgehead atoms. The first-order valence-corrected chi connectivity index (χ1v) is 9.68. The van der Waals surface area contributed by atoms with Gasteiger partial charge in [-0.3, -0.25) is 25.2 Å². The topological polar surface area (TPSA) is 91.7 Å². The minimum atomic E-state index is -0.808. The molecule has 1 atom stereocenters. The number of amides is 3. The van der Waals surface area contributed by atoms with Crippen LogP contribution in [0, 0.1) is 0 Å². The van der Waals surface area contributed by atoms with Crippen molar-refractivity contribution in [2.24, 2.45) is 0 Å². The summed E-state index contributed by atoms with van der Waals surface area (Å²) < 4.78 is 5.23. The lowest BCUT2D eigenvalue weighted by Gasteiger charge is -2.35. The third-order valence-electron chi connectivity index (χ3n) is 4.93. The van der Waals surface area contributed by atoms with E-state index in [2.05, 4.69) is 10.9 Å². The number of hydrazine groups is 1. The Hall–Kier alpha value is -3.58. The van der Waals surface area contributed by atoms with Crippen molar-refractivity contribution in [1.82, 2.24) is 15.8 Å². The van der Waals surface area contributed by atoms with Gasteiger partial charge in [-0.1, -0.05) is 41.9 Å². The summed E-state index contributed by atoms with van der Waals surface area (Å²) in [6, 6.07) is 16.3. The first kappa shape index (κ1) is 19.7. The maximum Gasteiger partial charge on any atom is 0.290 e. The summed E-state index contributed by atoms with van der Waals surface area (Å²) in [7, 11) is 0. The molecule has 2 heterocycles. The third kappa shape index (κ3) is 4.06. The molecule has 30 heavy (non-hydrogen) atoms. The molecule has 3 aromatic rings. The van der Waals surface area contributed by atoms with E-state index in [1.165, 1.54) is 17.2 Å². The van der Waals surface area contributed by atoms with Crippen LogP contribution in [0.2, 0.25) is 5.02 Å². The van der Waals surface area contributed by atoms with Gasteiger partial charge in [0.2, 0.25) is 0 Å². The molecule has 0 radical (unpaired) electrons. The van der Waals surface area contributed by atoms with Crippen molar-refractivity contribution >= 4 is 29.3 Å². The van der Waals surface area contributed by atoms with Crippen LogP contribution in [0.15, 0.2) is 71.3 Å². The SMILES string of the molecule is O=C(NNC(=O)C1Cc2ccccc2CN1C(=O)c1ccco1)c1cccc(Cl)c1. The van der Waals surface area contributed by atoms with Gasteiger partial charge < -0.3 is 9.32 Å². The van der Waals surface area contributed by atoms with Crippen LogP contribution in [0.3, 0.4) is 0 Å². The highest BCUT2D eigenvalue weighted by Gasteiger charge is 2.36. The second-order valence-electron chi connectivity index (χ2n) is 6.85. The van der Waals surface area contributed by atoms with Crippen molar-refractivity contribution in [2.75, 3.05) is 0 Å². The summed E-state index contributed by atoms with van der Waals surface area (Å²) in [4.78, 5) is 39.6. The van der Waals surface area contributed by atoms with Gasteiger partial charge in [0.1, 0.15) is 6.04 Å². The minimum absolute atomic E-state index is 0.148. The molecule has 2 N–H and O–H groups in total. The molecule has 8 heteroatoms. The maximum absolute atomic E-state index is 12.9. The number of carbonyl (C=O) groups excluding carboxylic acids is 3. The standard InChI is InChI=1S/C22H18ClN3O4/c23-17-8-3-7-15(11-17)20(27)24-25-21(28)18-12-14-5-1-2-6-16(14)13-26(18)22(29)19-9-4-10-30-19/h1-11,18H,12-13H2,(H,24,27)(H,25,28). The molecule has 0 saturated carbocycles. The lowest BCUT2D eigenvalue weighted by Crippen LogP contribution is -2.56. The van der Waals surface area contributed by atoms with E-state index in [1.54, 1.807) is 30.3 Å². The predicted molar refractivity (Wildman–Crippen MR) is 110 cm³/mol. The van der Waals surface area contributed by atoms with E-state index in [-0.39, 0.29) is 12.3 Å². The van der Waals surface area contributed by atoms with E-state index in [9.17, 15) is 14.4 Å². The summed E-state index contributed by atoms with van der Waals surface area (Å²) in [5.74, 6) is -1.25. The van der Waals surface area contributed by atoms with Gasteiger partial charge in [0, 0.05) is 23.6 Å². The molecular formula is C22H18ClN3O4. The van der Waals surface area contributed by atoms with Crippen molar-refractivity contribution in [3.8, 4) is 0 Å². The van der Waals surface area contributed by atoms with Gasteiger partial charge in [0.05, 0.1) is 6.26 Å². The molecule has 0 fully saturated rings. The van der Waals surface area contributed by atoms with E-state index < -0.39 is 23.8 Å². The Bertz CT molecular complexity index is 1100. The van der Waals surface area contributed by atoms with Gasteiger partial charge in [0.15, 0.2) is 5.76 Å². The largest absolute Gasteiger partial charge is 0.459 e. The molecule has 4 rings (SSSR count). The Morgan fingerprint density at radius 3 is 2.50 bits per heavy atom. The number of furan rings is 1. The number of halogens is 1. The van der Waals surface area contributed by atoms with Crippen molar-refractivity contribution in [2.45, 2.75) is 19.0 Å². The Morgan fingerprint density at radius 2 is 1.77 bits per heavy atom. The van der Waals surface area contributed by atoms with Crippen LogP contribution in [0.25, 0.3) is 0 Å². The molecule has 2 aromatic carbocycles. The monoisotopic (exact) mass is 423 g/mol. The predicted octanol–water partition coefficient (Wildman–Crippen LogP) is 2.96. The first-order chi connectivity index (χ1) is 14.5. The normalized spacial score (nSPS) is 15.2. The summed E-state index contributed by atoms with van der Waals surface area (Å²) in [6.45, 7) is 0.260. The Balaban J connectivity index is 1.52. The fourth-order valence-corrected chi connectivity index (χ4v) is 3.61. The smallest absolute Gasteiger partial charge is 0.290 e. The second-order valence-corrected chi connectivity index (χ2v) is 7.29. The highest BCUT2D eigenvalue weighted by molar-refractivity contribution is 6.30. The first-order valence-electron chi connectivity index (χ1n) is 9.30. The average Bonchev–Trinajstić information content (AvgIpc) is 3.30. The highest BCUT2D eigenvalue weighted by Crippen LogP contribution is 2.25. The summed E-state index contributed by atoms with van der Waals surface area (Å²) in [6.07, 6.45) is 1.73. The van der Waals surface area contributed by atoms with Crippen molar-refractivity contribution in [3.63, 3.8) is 0 Å². The van der Waals surface area contributed by atoms with E-state index in [1.807, 2.05) is 24.3 Å². The molecule has 152 valence electrons. The van der Waals surface area contributed by atoms with Gasteiger partial charge in [-0.05, 0) is 41.5 Å². The van der Waals surface area contributed by atoms with Gasteiger partial charge >= 0.3 is 0 Å². The van der Waals surface area contributed by atoms with Crippen LogP contribution in [0.5, 0.6) is 0 Å². The number of hydrogen-bond acceptors (Lipinski definition) is 4. The van der Waals surface area contributed by atoms with Crippen molar-refractivity contribution in [1.29, 1.82) is 0 Å². The zero-order chi connectivity index (χ0) is 21.1. The molecule has 0 aliphatic carbocycles. The zero-order valence-electron chi connectivity index (χ0n) is 15.8.